The Labute approximate surface area is 117 Å². The van der Waals surface area contributed by atoms with Gasteiger partial charge in [0.25, 0.3) is 0 Å². The molecular weight excluding hydrogens is 252 g/mol. The van der Waals surface area contributed by atoms with Gasteiger partial charge in [-0.2, -0.15) is 0 Å². The Kier molecular flexibility index (Phi) is 3.40. The van der Waals surface area contributed by atoms with E-state index in [4.69, 9.17) is 5.73 Å². The summed E-state index contributed by atoms with van der Waals surface area (Å²) in [5.74, 6) is 0.303. The number of benzene rings is 1. The van der Waals surface area contributed by atoms with Gasteiger partial charge >= 0.3 is 0 Å². The Morgan fingerprint density at radius 1 is 1.21 bits per heavy atom. The standard InChI is InChI=1S/C16H18N2S/c1-2-18-11-14(12-6-3-4-7-15(12)18)13(10-17)16-8-5-9-19-16/h3-9,11,13H,2,10,17H2,1H3. The molecule has 0 aliphatic heterocycles. The van der Waals surface area contributed by atoms with Gasteiger partial charge in [-0.05, 0) is 30.0 Å². The van der Waals surface area contributed by atoms with Crippen LogP contribution < -0.4 is 5.73 Å². The summed E-state index contributed by atoms with van der Waals surface area (Å²) in [5, 5.41) is 3.45. The summed E-state index contributed by atoms with van der Waals surface area (Å²) < 4.78 is 2.31. The highest BCUT2D eigenvalue weighted by Gasteiger charge is 2.18. The average molecular weight is 270 g/mol. The third-order valence-corrected chi connectivity index (χ3v) is 4.64. The first kappa shape index (κ1) is 12.5. The van der Waals surface area contributed by atoms with Crippen LogP contribution in [0.15, 0.2) is 48.0 Å². The predicted octanol–water partition coefficient (Wildman–Crippen LogP) is 3.81. The number of thiophene rings is 1. The van der Waals surface area contributed by atoms with Gasteiger partial charge in [0, 0.05) is 41.0 Å². The first-order valence-corrected chi connectivity index (χ1v) is 7.54. The van der Waals surface area contributed by atoms with Gasteiger partial charge in [-0.25, -0.2) is 0 Å². The fourth-order valence-electron chi connectivity index (χ4n) is 2.70. The zero-order valence-electron chi connectivity index (χ0n) is 11.0. The monoisotopic (exact) mass is 270 g/mol. The Morgan fingerprint density at radius 2 is 2.05 bits per heavy atom. The lowest BCUT2D eigenvalue weighted by Crippen LogP contribution is -2.12. The lowest BCUT2D eigenvalue weighted by molar-refractivity contribution is 0.777. The molecule has 2 aromatic heterocycles. The fraction of sp³-hybridized carbons (Fsp3) is 0.250. The maximum Gasteiger partial charge on any atom is 0.0483 e. The van der Waals surface area contributed by atoms with Gasteiger partial charge in [-0.15, -0.1) is 11.3 Å². The van der Waals surface area contributed by atoms with Crippen molar-refractivity contribution in [2.45, 2.75) is 19.4 Å². The molecule has 3 aromatic rings. The van der Waals surface area contributed by atoms with Crippen LogP contribution in [0.25, 0.3) is 10.9 Å². The summed E-state index contributed by atoms with van der Waals surface area (Å²) >= 11 is 1.79. The molecule has 1 aromatic carbocycles. The predicted molar refractivity (Wildman–Crippen MR) is 82.8 cm³/mol. The third kappa shape index (κ3) is 2.09. The van der Waals surface area contributed by atoms with Crippen molar-refractivity contribution in [3.05, 3.63) is 58.4 Å². The number of para-hydroxylation sites is 1. The Bertz CT molecular complexity index is 667. The van der Waals surface area contributed by atoms with Crippen LogP contribution >= 0.6 is 11.3 Å². The molecule has 0 saturated heterocycles. The molecule has 19 heavy (non-hydrogen) atoms. The van der Waals surface area contributed by atoms with Crippen molar-refractivity contribution in [3.8, 4) is 0 Å². The molecule has 0 fully saturated rings. The minimum atomic E-state index is 0.303. The quantitative estimate of drug-likeness (QED) is 0.768. The maximum atomic E-state index is 6.04. The summed E-state index contributed by atoms with van der Waals surface area (Å²) in [4.78, 5) is 1.35. The number of hydrogen-bond donors (Lipinski definition) is 1. The first-order chi connectivity index (χ1) is 9.35. The van der Waals surface area contributed by atoms with Gasteiger partial charge in [0.15, 0.2) is 0 Å². The van der Waals surface area contributed by atoms with Crippen molar-refractivity contribution in [2.24, 2.45) is 5.73 Å². The minimum Gasteiger partial charge on any atom is -0.347 e. The van der Waals surface area contributed by atoms with E-state index in [2.05, 4.69) is 59.5 Å². The molecule has 98 valence electrons. The molecule has 0 radical (unpaired) electrons. The Hall–Kier alpha value is -1.58. The summed E-state index contributed by atoms with van der Waals surface area (Å²) in [6.45, 7) is 3.82. The van der Waals surface area contributed by atoms with Crippen molar-refractivity contribution in [2.75, 3.05) is 6.54 Å². The third-order valence-electron chi connectivity index (χ3n) is 3.66. The van der Waals surface area contributed by atoms with Crippen molar-refractivity contribution in [1.82, 2.24) is 4.57 Å². The zero-order chi connectivity index (χ0) is 13.2. The number of hydrogen-bond acceptors (Lipinski definition) is 2. The van der Waals surface area contributed by atoms with Crippen LogP contribution in [-0.2, 0) is 6.54 Å². The second-order valence-corrected chi connectivity index (χ2v) is 5.67. The van der Waals surface area contributed by atoms with Crippen molar-refractivity contribution in [1.29, 1.82) is 0 Å². The van der Waals surface area contributed by atoms with Gasteiger partial charge in [0.05, 0.1) is 0 Å². The van der Waals surface area contributed by atoms with Crippen LogP contribution in [0.2, 0.25) is 0 Å². The van der Waals surface area contributed by atoms with Crippen molar-refractivity contribution < 1.29 is 0 Å². The smallest absolute Gasteiger partial charge is 0.0483 e. The summed E-state index contributed by atoms with van der Waals surface area (Å²) in [5.41, 5.74) is 8.69. The lowest BCUT2D eigenvalue weighted by Gasteiger charge is -2.12. The normalized spacial score (nSPS) is 12.9. The minimum absolute atomic E-state index is 0.303. The van der Waals surface area contributed by atoms with Gasteiger partial charge in [-0.3, -0.25) is 0 Å². The molecule has 0 amide bonds. The second-order valence-electron chi connectivity index (χ2n) is 4.69. The van der Waals surface area contributed by atoms with Crippen LogP contribution in [0, 0.1) is 0 Å². The molecule has 2 nitrogen and oxygen atoms in total. The fourth-order valence-corrected chi connectivity index (χ4v) is 3.56. The molecule has 0 spiro atoms. The highest BCUT2D eigenvalue weighted by atomic mass is 32.1. The number of fused-ring (bicyclic) bond motifs is 1. The number of rotatable bonds is 4. The maximum absolute atomic E-state index is 6.04. The second kappa shape index (κ2) is 5.19. The van der Waals surface area contributed by atoms with E-state index in [0.29, 0.717) is 12.5 Å². The lowest BCUT2D eigenvalue weighted by atomic mass is 9.97. The molecule has 3 heteroatoms. The number of nitrogens with zero attached hydrogens (tertiary/aromatic N) is 1. The highest BCUT2D eigenvalue weighted by Crippen LogP contribution is 2.33. The number of aromatic nitrogens is 1. The van der Waals surface area contributed by atoms with Crippen molar-refractivity contribution >= 4 is 22.2 Å². The van der Waals surface area contributed by atoms with Crippen LogP contribution in [0.1, 0.15) is 23.3 Å². The van der Waals surface area contributed by atoms with E-state index in [-0.39, 0.29) is 0 Å². The molecular formula is C16H18N2S. The van der Waals surface area contributed by atoms with Crippen LogP contribution in [0.5, 0.6) is 0 Å². The molecule has 3 rings (SSSR count). The van der Waals surface area contributed by atoms with Gasteiger partial charge < -0.3 is 10.3 Å². The highest BCUT2D eigenvalue weighted by molar-refractivity contribution is 7.10. The van der Waals surface area contributed by atoms with Gasteiger partial charge in [0.1, 0.15) is 0 Å². The molecule has 1 atom stereocenters. The van der Waals surface area contributed by atoms with E-state index in [1.165, 1.54) is 21.3 Å². The summed E-state index contributed by atoms with van der Waals surface area (Å²) in [7, 11) is 0. The first-order valence-electron chi connectivity index (χ1n) is 6.66. The molecule has 1 unspecified atom stereocenters. The summed E-state index contributed by atoms with van der Waals surface area (Å²) in [6.07, 6.45) is 2.27. The van der Waals surface area contributed by atoms with Crippen LogP contribution in [0.4, 0.5) is 0 Å². The number of aryl methyl sites for hydroxylation is 1. The molecule has 0 aliphatic rings. The average Bonchev–Trinajstić information content (AvgIpc) is 3.08. The molecule has 0 saturated carbocycles. The van der Waals surface area contributed by atoms with E-state index in [1.807, 2.05) is 0 Å². The Balaban J connectivity index is 2.19. The van der Waals surface area contributed by atoms with Gasteiger partial charge in [-0.1, -0.05) is 24.3 Å². The van der Waals surface area contributed by atoms with E-state index in [1.54, 1.807) is 11.3 Å². The van der Waals surface area contributed by atoms with E-state index in [9.17, 15) is 0 Å². The van der Waals surface area contributed by atoms with Crippen LogP contribution in [0.3, 0.4) is 0 Å². The Morgan fingerprint density at radius 3 is 2.74 bits per heavy atom. The molecule has 2 heterocycles. The van der Waals surface area contributed by atoms with Crippen molar-refractivity contribution in [3.63, 3.8) is 0 Å². The summed E-state index contributed by atoms with van der Waals surface area (Å²) in [6, 6.07) is 12.9. The molecule has 0 bridgehead atoms. The SMILES string of the molecule is CCn1cc(C(CN)c2cccs2)c2ccccc21. The number of nitrogens with two attached hydrogens (primary N) is 1. The van der Waals surface area contributed by atoms with E-state index in [0.717, 1.165) is 6.54 Å². The molecule has 0 aliphatic carbocycles. The van der Waals surface area contributed by atoms with E-state index >= 15 is 0 Å². The van der Waals surface area contributed by atoms with Gasteiger partial charge in [0.2, 0.25) is 0 Å². The topological polar surface area (TPSA) is 30.9 Å². The van der Waals surface area contributed by atoms with E-state index < -0.39 is 0 Å². The molecule has 2 N–H and O–H groups in total. The zero-order valence-corrected chi connectivity index (χ0v) is 11.9. The largest absolute Gasteiger partial charge is 0.347 e. The van der Waals surface area contributed by atoms with Crippen LogP contribution in [-0.4, -0.2) is 11.1 Å².